The minimum absolute atomic E-state index is 0.163. The Morgan fingerprint density at radius 2 is 2.12 bits per heavy atom. The van der Waals surface area contributed by atoms with Gasteiger partial charge in [0.05, 0.1) is 17.1 Å². The molecule has 25 heavy (non-hydrogen) atoms. The molecule has 0 radical (unpaired) electrons. The number of fused-ring (bicyclic) bond motifs is 1. The molecule has 0 aliphatic heterocycles. The van der Waals surface area contributed by atoms with E-state index in [-0.39, 0.29) is 11.7 Å². The van der Waals surface area contributed by atoms with Crippen molar-refractivity contribution >= 4 is 39.9 Å². The number of aromatic nitrogens is 2. The topological polar surface area (TPSA) is 111 Å². The summed E-state index contributed by atoms with van der Waals surface area (Å²) in [5, 5.41) is 7.23. The highest BCUT2D eigenvalue weighted by Crippen LogP contribution is 2.37. The lowest BCUT2D eigenvalue weighted by molar-refractivity contribution is -0.113. The number of carbonyl (C=O) groups is 2. The fraction of sp³-hybridized carbons (Fsp3) is 0.500. The fourth-order valence-corrected chi connectivity index (χ4v) is 4.86. The maximum absolute atomic E-state index is 12.2. The van der Waals surface area contributed by atoms with Gasteiger partial charge in [0, 0.05) is 11.8 Å². The Morgan fingerprint density at radius 3 is 2.84 bits per heavy atom. The van der Waals surface area contributed by atoms with Crippen LogP contribution in [-0.4, -0.2) is 27.7 Å². The smallest absolute Gasteiger partial charge is 0.251 e. The maximum Gasteiger partial charge on any atom is 0.251 e. The summed E-state index contributed by atoms with van der Waals surface area (Å²) in [4.78, 5) is 29.4. The van der Waals surface area contributed by atoms with Gasteiger partial charge in [-0.05, 0) is 31.2 Å². The van der Waals surface area contributed by atoms with Gasteiger partial charge >= 0.3 is 0 Å². The molecule has 0 bridgehead atoms. The van der Waals surface area contributed by atoms with Crippen LogP contribution in [0.3, 0.4) is 0 Å². The van der Waals surface area contributed by atoms with E-state index < -0.39 is 5.91 Å². The molecule has 2 amide bonds. The van der Waals surface area contributed by atoms with Gasteiger partial charge in [0.2, 0.25) is 11.8 Å². The molecule has 134 valence electrons. The molecule has 1 aliphatic rings. The lowest BCUT2D eigenvalue weighted by Gasteiger charge is -2.06. The summed E-state index contributed by atoms with van der Waals surface area (Å²) in [6, 6.07) is 0. The average Bonchev–Trinajstić information content (AvgIpc) is 3.03. The van der Waals surface area contributed by atoms with Crippen molar-refractivity contribution in [1.29, 1.82) is 0 Å². The third-order valence-electron chi connectivity index (χ3n) is 3.95. The summed E-state index contributed by atoms with van der Waals surface area (Å²) < 4.78 is 4.89. The van der Waals surface area contributed by atoms with Gasteiger partial charge in [0.25, 0.3) is 5.91 Å². The average molecular weight is 380 g/mol. The Labute approximate surface area is 153 Å². The van der Waals surface area contributed by atoms with E-state index in [0.29, 0.717) is 28.0 Å². The molecule has 0 saturated heterocycles. The minimum Gasteiger partial charge on any atom is -0.365 e. The quantitative estimate of drug-likeness (QED) is 0.745. The maximum atomic E-state index is 12.2. The third-order valence-corrected chi connectivity index (χ3v) is 6.09. The lowest BCUT2D eigenvalue weighted by atomic mass is 10.1. The first kappa shape index (κ1) is 17.9. The molecule has 2 aromatic heterocycles. The first-order chi connectivity index (χ1) is 12.0. The summed E-state index contributed by atoms with van der Waals surface area (Å²) in [7, 11) is 0. The third kappa shape index (κ3) is 4.40. The summed E-state index contributed by atoms with van der Waals surface area (Å²) in [5.74, 6) is 1.18. The standard InChI is InChI=1S/C16H20N4O3S2/c1-9-18-12(20-23-9)7-24-8-13(21)19-16-14(15(17)22)10-5-3-2-4-6-11(10)25-16/h2-8H2,1H3,(H2,17,22)(H,19,21). The molecule has 0 spiro atoms. The van der Waals surface area contributed by atoms with E-state index in [1.807, 2.05) is 0 Å². The van der Waals surface area contributed by atoms with Gasteiger partial charge in [0.15, 0.2) is 5.82 Å². The minimum atomic E-state index is -0.468. The number of hydrogen-bond acceptors (Lipinski definition) is 7. The van der Waals surface area contributed by atoms with Crippen LogP contribution < -0.4 is 11.1 Å². The van der Waals surface area contributed by atoms with Crippen molar-refractivity contribution in [3.8, 4) is 0 Å². The van der Waals surface area contributed by atoms with Crippen molar-refractivity contribution in [2.24, 2.45) is 5.73 Å². The van der Waals surface area contributed by atoms with Crippen molar-refractivity contribution < 1.29 is 14.1 Å². The van der Waals surface area contributed by atoms with E-state index in [1.165, 1.54) is 28.0 Å². The molecule has 0 aromatic carbocycles. The summed E-state index contributed by atoms with van der Waals surface area (Å²) >= 11 is 2.87. The van der Waals surface area contributed by atoms with Crippen molar-refractivity contribution in [2.45, 2.75) is 44.8 Å². The zero-order valence-corrected chi connectivity index (χ0v) is 15.6. The Kier molecular flexibility index (Phi) is 5.74. The second-order valence-electron chi connectivity index (χ2n) is 5.90. The number of nitrogens with one attached hydrogen (secondary N) is 1. The Hall–Kier alpha value is -1.87. The number of nitrogens with zero attached hydrogens (tertiary/aromatic N) is 2. The van der Waals surface area contributed by atoms with Crippen molar-refractivity contribution in [1.82, 2.24) is 10.1 Å². The van der Waals surface area contributed by atoms with Crippen molar-refractivity contribution in [3.05, 3.63) is 27.7 Å². The second-order valence-corrected chi connectivity index (χ2v) is 7.99. The number of thiophene rings is 1. The molecule has 0 atom stereocenters. The summed E-state index contributed by atoms with van der Waals surface area (Å²) in [6.07, 6.45) is 5.12. The van der Waals surface area contributed by atoms with Crippen LogP contribution >= 0.6 is 23.1 Å². The van der Waals surface area contributed by atoms with E-state index in [0.717, 1.165) is 37.7 Å². The number of aryl methyl sites for hydroxylation is 2. The molecule has 2 heterocycles. The number of primary amides is 1. The number of nitrogens with two attached hydrogens (primary N) is 1. The van der Waals surface area contributed by atoms with Gasteiger partial charge in [-0.15, -0.1) is 23.1 Å². The highest BCUT2D eigenvalue weighted by molar-refractivity contribution is 7.99. The molecular formula is C16H20N4O3S2. The normalized spacial score (nSPS) is 14.0. The van der Waals surface area contributed by atoms with E-state index in [2.05, 4.69) is 15.5 Å². The molecule has 3 N–H and O–H groups in total. The van der Waals surface area contributed by atoms with Crippen LogP contribution in [0.1, 0.15) is 51.8 Å². The first-order valence-electron chi connectivity index (χ1n) is 8.15. The second kappa shape index (κ2) is 8.01. The number of amides is 2. The summed E-state index contributed by atoms with van der Waals surface area (Å²) in [6.45, 7) is 1.72. The molecule has 2 aromatic rings. The number of hydrogen-bond donors (Lipinski definition) is 2. The highest BCUT2D eigenvalue weighted by Gasteiger charge is 2.24. The van der Waals surface area contributed by atoms with Crippen LogP contribution in [0.15, 0.2) is 4.52 Å². The number of thioether (sulfide) groups is 1. The Bertz CT molecular complexity index is 784. The van der Waals surface area contributed by atoms with Crippen LogP contribution in [0.2, 0.25) is 0 Å². The van der Waals surface area contributed by atoms with Crippen molar-refractivity contribution in [2.75, 3.05) is 11.1 Å². The van der Waals surface area contributed by atoms with E-state index >= 15 is 0 Å². The van der Waals surface area contributed by atoms with Gasteiger partial charge in [-0.2, -0.15) is 4.98 Å². The molecule has 0 unspecified atom stereocenters. The van der Waals surface area contributed by atoms with E-state index in [1.54, 1.807) is 6.92 Å². The molecule has 1 aliphatic carbocycles. The van der Waals surface area contributed by atoms with Crippen LogP contribution in [0, 0.1) is 6.92 Å². The van der Waals surface area contributed by atoms with Gasteiger partial charge < -0.3 is 15.6 Å². The molecule has 7 nitrogen and oxygen atoms in total. The number of carbonyl (C=O) groups excluding carboxylic acids is 2. The predicted molar refractivity (Wildman–Crippen MR) is 97.9 cm³/mol. The van der Waals surface area contributed by atoms with Crippen LogP contribution in [0.5, 0.6) is 0 Å². The van der Waals surface area contributed by atoms with Gasteiger partial charge in [-0.1, -0.05) is 11.6 Å². The van der Waals surface area contributed by atoms with Crippen molar-refractivity contribution in [3.63, 3.8) is 0 Å². The zero-order valence-electron chi connectivity index (χ0n) is 14.0. The van der Waals surface area contributed by atoms with E-state index in [9.17, 15) is 9.59 Å². The molecular weight excluding hydrogens is 360 g/mol. The van der Waals surface area contributed by atoms with E-state index in [4.69, 9.17) is 10.3 Å². The predicted octanol–water partition coefficient (Wildman–Crippen LogP) is 2.68. The van der Waals surface area contributed by atoms with Gasteiger partial charge in [-0.3, -0.25) is 9.59 Å². The Morgan fingerprint density at radius 1 is 1.32 bits per heavy atom. The monoisotopic (exact) mass is 380 g/mol. The first-order valence-corrected chi connectivity index (χ1v) is 10.1. The molecule has 0 saturated carbocycles. The SMILES string of the molecule is Cc1nc(CSCC(=O)Nc2sc3c(c2C(N)=O)CCCCC3)no1. The summed E-state index contributed by atoms with van der Waals surface area (Å²) in [5.41, 5.74) is 7.10. The van der Waals surface area contributed by atoms with Crippen LogP contribution in [0.25, 0.3) is 0 Å². The van der Waals surface area contributed by atoms with Gasteiger partial charge in [-0.25, -0.2) is 0 Å². The fourth-order valence-electron chi connectivity index (χ4n) is 2.89. The lowest BCUT2D eigenvalue weighted by Crippen LogP contribution is -2.19. The molecule has 3 rings (SSSR count). The molecule has 9 heteroatoms. The van der Waals surface area contributed by atoms with Gasteiger partial charge in [0.1, 0.15) is 5.00 Å². The molecule has 0 fully saturated rings. The largest absolute Gasteiger partial charge is 0.365 e. The van der Waals surface area contributed by atoms with Crippen LogP contribution in [-0.2, 0) is 23.4 Å². The zero-order chi connectivity index (χ0) is 17.8. The Balaban J connectivity index is 1.63. The highest BCUT2D eigenvalue weighted by atomic mass is 32.2. The number of rotatable bonds is 6. The van der Waals surface area contributed by atoms with Crippen LogP contribution in [0.4, 0.5) is 5.00 Å². The number of anilines is 1.